The van der Waals surface area contributed by atoms with Crippen molar-refractivity contribution in [2.75, 3.05) is 27.3 Å². The van der Waals surface area contributed by atoms with E-state index >= 15 is 0 Å². The molecule has 0 fully saturated rings. The molecule has 1 unspecified atom stereocenters. The molecule has 0 bridgehead atoms. The number of fused-ring (bicyclic) bond motifs is 1. The van der Waals surface area contributed by atoms with Crippen LogP contribution in [-0.4, -0.2) is 33.2 Å². The summed E-state index contributed by atoms with van der Waals surface area (Å²) in [5.41, 5.74) is 9.31. The van der Waals surface area contributed by atoms with Crippen molar-refractivity contribution in [1.29, 1.82) is 0 Å². The van der Waals surface area contributed by atoms with Crippen molar-refractivity contribution in [3.05, 3.63) is 58.7 Å². The molecule has 0 saturated carbocycles. The van der Waals surface area contributed by atoms with Crippen LogP contribution in [0.2, 0.25) is 0 Å². The molecule has 2 aromatic rings. The molecule has 3 N–H and O–H groups in total. The number of carbonyl (C=O) groups is 1. The maximum atomic E-state index is 12.1. The van der Waals surface area contributed by atoms with E-state index in [1.807, 2.05) is 24.3 Å². The minimum atomic E-state index is -0.490. The van der Waals surface area contributed by atoms with Crippen molar-refractivity contribution in [1.82, 2.24) is 5.32 Å². The van der Waals surface area contributed by atoms with Crippen LogP contribution in [0.15, 0.2) is 36.4 Å². The Labute approximate surface area is 141 Å². The number of benzene rings is 2. The van der Waals surface area contributed by atoms with Gasteiger partial charge in [-0.25, -0.2) is 0 Å². The van der Waals surface area contributed by atoms with Gasteiger partial charge in [-0.05, 0) is 35.7 Å². The summed E-state index contributed by atoms with van der Waals surface area (Å²) in [5, 5.41) is 3.45. The van der Waals surface area contributed by atoms with Crippen LogP contribution in [0, 0.1) is 0 Å². The van der Waals surface area contributed by atoms with E-state index in [2.05, 4.69) is 17.4 Å². The van der Waals surface area contributed by atoms with Gasteiger partial charge in [-0.2, -0.15) is 0 Å². The molecule has 24 heavy (non-hydrogen) atoms. The van der Waals surface area contributed by atoms with Crippen molar-refractivity contribution < 1.29 is 14.3 Å². The number of hydrogen-bond donors (Lipinski definition) is 2. The second-order valence-corrected chi connectivity index (χ2v) is 5.84. The van der Waals surface area contributed by atoms with Crippen molar-refractivity contribution in [3.8, 4) is 11.5 Å². The number of methoxy groups -OCH3 is 2. The number of nitrogens with two attached hydrogens (primary N) is 1. The van der Waals surface area contributed by atoms with Gasteiger partial charge < -0.3 is 20.5 Å². The van der Waals surface area contributed by atoms with E-state index in [0.717, 1.165) is 30.6 Å². The van der Waals surface area contributed by atoms with Crippen LogP contribution >= 0.6 is 0 Å². The summed E-state index contributed by atoms with van der Waals surface area (Å²) in [4.78, 5) is 12.1. The van der Waals surface area contributed by atoms with Crippen LogP contribution in [0.25, 0.3) is 0 Å². The lowest BCUT2D eigenvalue weighted by Crippen LogP contribution is -2.20. The highest BCUT2D eigenvalue weighted by Gasteiger charge is 2.28. The van der Waals surface area contributed by atoms with Gasteiger partial charge >= 0.3 is 0 Å². The minimum Gasteiger partial charge on any atom is -0.493 e. The summed E-state index contributed by atoms with van der Waals surface area (Å²) in [6, 6.07) is 12.2. The molecular weight excluding hydrogens is 304 g/mol. The molecule has 0 radical (unpaired) electrons. The first-order chi connectivity index (χ1) is 11.7. The zero-order valence-corrected chi connectivity index (χ0v) is 14.0. The lowest BCUT2D eigenvalue weighted by atomic mass is 9.85. The third kappa shape index (κ3) is 2.83. The highest BCUT2D eigenvalue weighted by Crippen LogP contribution is 2.41. The van der Waals surface area contributed by atoms with Gasteiger partial charge in [0.2, 0.25) is 0 Å². The van der Waals surface area contributed by atoms with Crippen LogP contribution < -0.4 is 20.5 Å². The number of rotatable bonds is 4. The van der Waals surface area contributed by atoms with E-state index in [1.165, 1.54) is 12.7 Å². The number of primary amides is 1. The molecule has 1 aliphatic heterocycles. The second kappa shape index (κ2) is 6.93. The molecule has 1 aliphatic rings. The first kappa shape index (κ1) is 16.3. The maximum absolute atomic E-state index is 12.1. The van der Waals surface area contributed by atoms with E-state index in [0.29, 0.717) is 17.1 Å². The van der Waals surface area contributed by atoms with E-state index < -0.39 is 5.91 Å². The number of carbonyl (C=O) groups excluding carboxylic acids is 1. The monoisotopic (exact) mass is 326 g/mol. The standard InChI is InChI=1S/C19H22N2O3/c1-23-16-10-14-13(17(19(20)22)18(16)24-2)8-9-21-11-15(14)12-6-4-3-5-7-12/h3-7,10,15,21H,8-9,11H2,1-2H3,(H2,20,22). The first-order valence-electron chi connectivity index (χ1n) is 8.00. The molecule has 5 heteroatoms. The largest absolute Gasteiger partial charge is 0.493 e. The smallest absolute Gasteiger partial charge is 0.252 e. The molecule has 3 rings (SSSR count). The molecule has 0 saturated heterocycles. The Hall–Kier alpha value is -2.53. The molecule has 0 aromatic heterocycles. The average Bonchev–Trinajstić information content (AvgIpc) is 2.82. The lowest BCUT2D eigenvalue weighted by molar-refractivity contribution is 0.0995. The summed E-state index contributed by atoms with van der Waals surface area (Å²) >= 11 is 0. The van der Waals surface area contributed by atoms with Gasteiger partial charge in [0, 0.05) is 12.5 Å². The fourth-order valence-corrected chi connectivity index (χ4v) is 3.45. The Balaban J connectivity index is 2.26. The van der Waals surface area contributed by atoms with E-state index in [9.17, 15) is 4.79 Å². The van der Waals surface area contributed by atoms with E-state index in [1.54, 1.807) is 7.11 Å². The Bertz CT molecular complexity index is 744. The van der Waals surface area contributed by atoms with Gasteiger partial charge in [0.25, 0.3) is 5.91 Å². The summed E-state index contributed by atoms with van der Waals surface area (Å²) in [5.74, 6) is 0.586. The quantitative estimate of drug-likeness (QED) is 0.902. The van der Waals surface area contributed by atoms with Gasteiger partial charge in [-0.1, -0.05) is 30.3 Å². The Morgan fingerprint density at radius 2 is 1.96 bits per heavy atom. The van der Waals surface area contributed by atoms with Crippen LogP contribution in [0.1, 0.15) is 33.0 Å². The summed E-state index contributed by atoms with van der Waals surface area (Å²) in [7, 11) is 3.10. The molecule has 1 amide bonds. The van der Waals surface area contributed by atoms with Gasteiger partial charge in [0.15, 0.2) is 11.5 Å². The third-order valence-electron chi connectivity index (χ3n) is 4.54. The van der Waals surface area contributed by atoms with Crippen LogP contribution in [0.4, 0.5) is 0 Å². The van der Waals surface area contributed by atoms with Crippen molar-refractivity contribution >= 4 is 5.91 Å². The summed E-state index contributed by atoms with van der Waals surface area (Å²) in [6.07, 6.45) is 0.720. The number of amides is 1. The fourth-order valence-electron chi connectivity index (χ4n) is 3.45. The SMILES string of the molecule is COc1cc2c(c(C(N)=O)c1OC)CCNCC2c1ccccc1. The van der Waals surface area contributed by atoms with Gasteiger partial charge in [0.05, 0.1) is 19.8 Å². The maximum Gasteiger partial charge on any atom is 0.252 e. The highest BCUT2D eigenvalue weighted by atomic mass is 16.5. The van der Waals surface area contributed by atoms with Crippen molar-refractivity contribution in [2.45, 2.75) is 12.3 Å². The number of hydrogen-bond acceptors (Lipinski definition) is 4. The van der Waals surface area contributed by atoms with Crippen LogP contribution in [-0.2, 0) is 6.42 Å². The molecule has 126 valence electrons. The molecule has 1 atom stereocenters. The predicted molar refractivity (Wildman–Crippen MR) is 92.9 cm³/mol. The molecule has 0 aliphatic carbocycles. The summed E-state index contributed by atoms with van der Waals surface area (Å²) < 4.78 is 10.9. The molecular formula is C19H22N2O3. The molecule has 2 aromatic carbocycles. The first-order valence-corrected chi connectivity index (χ1v) is 8.00. The minimum absolute atomic E-state index is 0.126. The van der Waals surface area contributed by atoms with Crippen molar-refractivity contribution in [2.24, 2.45) is 5.73 Å². The zero-order valence-electron chi connectivity index (χ0n) is 14.0. The Morgan fingerprint density at radius 1 is 1.21 bits per heavy atom. The molecule has 1 heterocycles. The second-order valence-electron chi connectivity index (χ2n) is 5.84. The van der Waals surface area contributed by atoms with Gasteiger partial charge in [0.1, 0.15) is 0 Å². The third-order valence-corrected chi connectivity index (χ3v) is 4.54. The number of ether oxygens (including phenoxy) is 2. The van der Waals surface area contributed by atoms with Gasteiger partial charge in [-0.15, -0.1) is 0 Å². The normalized spacial score (nSPS) is 16.8. The van der Waals surface area contributed by atoms with Crippen molar-refractivity contribution in [3.63, 3.8) is 0 Å². The Morgan fingerprint density at radius 3 is 2.58 bits per heavy atom. The fraction of sp³-hybridized carbons (Fsp3) is 0.316. The van der Waals surface area contributed by atoms with E-state index in [4.69, 9.17) is 15.2 Å². The lowest BCUT2D eigenvalue weighted by Gasteiger charge is -2.22. The predicted octanol–water partition coefficient (Wildman–Crippen LogP) is 2.08. The average molecular weight is 326 g/mol. The highest BCUT2D eigenvalue weighted by molar-refractivity contribution is 5.98. The van der Waals surface area contributed by atoms with Gasteiger partial charge in [-0.3, -0.25) is 4.79 Å². The number of nitrogens with one attached hydrogen (secondary N) is 1. The van der Waals surface area contributed by atoms with Crippen LogP contribution in [0.3, 0.4) is 0 Å². The van der Waals surface area contributed by atoms with E-state index in [-0.39, 0.29) is 5.92 Å². The zero-order chi connectivity index (χ0) is 17.1. The Kier molecular flexibility index (Phi) is 4.71. The topological polar surface area (TPSA) is 73.6 Å². The summed E-state index contributed by atoms with van der Waals surface area (Å²) in [6.45, 7) is 1.58. The molecule has 0 spiro atoms. The van der Waals surface area contributed by atoms with Crippen LogP contribution in [0.5, 0.6) is 11.5 Å². The molecule has 5 nitrogen and oxygen atoms in total.